The summed E-state index contributed by atoms with van der Waals surface area (Å²) in [5.41, 5.74) is -2.07. The Bertz CT molecular complexity index is 1200. The van der Waals surface area contributed by atoms with Crippen LogP contribution in [0.25, 0.3) is 0 Å². The third-order valence-corrected chi connectivity index (χ3v) is 14.1. The molecule has 1 unspecified atom stereocenters. The van der Waals surface area contributed by atoms with E-state index in [2.05, 4.69) is 26.8 Å². The number of allylic oxidation sites excluding steroid dienone is 1. The maximum Gasteiger partial charge on any atom is 0.186 e. The predicted octanol–water partition coefficient (Wildman–Crippen LogP) is 0.199. The first-order valence-corrected chi connectivity index (χ1v) is 18.8. The van der Waals surface area contributed by atoms with Crippen LogP contribution in [0.2, 0.25) is 0 Å². The molecule has 20 atom stereocenters. The van der Waals surface area contributed by atoms with Crippen LogP contribution in [0.1, 0.15) is 79.6 Å². The minimum Gasteiger partial charge on any atom is -0.393 e. The van der Waals surface area contributed by atoms with Crippen LogP contribution >= 0.6 is 0 Å². The molecule has 4 saturated carbocycles. The fourth-order valence-corrected chi connectivity index (χ4v) is 11.4. The molecule has 13 nitrogen and oxygen atoms in total. The van der Waals surface area contributed by atoms with Crippen molar-refractivity contribution in [1.29, 1.82) is 0 Å². The maximum absolute atomic E-state index is 12.8. The maximum atomic E-state index is 12.8. The van der Waals surface area contributed by atoms with Gasteiger partial charge in [0.1, 0.15) is 36.6 Å². The molecule has 0 aromatic carbocycles. The molecule has 2 heterocycles. The van der Waals surface area contributed by atoms with E-state index in [1.807, 2.05) is 19.9 Å². The van der Waals surface area contributed by atoms with Gasteiger partial charge in [0.2, 0.25) is 0 Å². The minimum absolute atomic E-state index is 0.00989. The molecule has 50 heavy (non-hydrogen) atoms. The molecular weight excluding hydrogens is 652 g/mol. The Morgan fingerprint density at radius 3 is 1.94 bits per heavy atom. The van der Waals surface area contributed by atoms with E-state index in [1.54, 1.807) is 0 Å². The zero-order chi connectivity index (χ0) is 36.5. The highest BCUT2D eigenvalue weighted by atomic mass is 16.7. The van der Waals surface area contributed by atoms with Crippen molar-refractivity contribution in [3.63, 3.8) is 0 Å². The third kappa shape index (κ3) is 6.64. The zero-order valence-corrected chi connectivity index (χ0v) is 30.1. The van der Waals surface area contributed by atoms with E-state index in [0.717, 1.165) is 12.8 Å². The summed E-state index contributed by atoms with van der Waals surface area (Å²) in [6.07, 6.45) is -4.31. The van der Waals surface area contributed by atoms with E-state index in [4.69, 9.17) is 18.9 Å². The molecule has 0 amide bonds. The van der Waals surface area contributed by atoms with E-state index in [9.17, 15) is 46.0 Å². The summed E-state index contributed by atoms with van der Waals surface area (Å²) in [6, 6.07) is 0. The zero-order valence-electron chi connectivity index (χ0n) is 30.1. The third-order valence-electron chi connectivity index (χ3n) is 14.1. The van der Waals surface area contributed by atoms with Gasteiger partial charge in [-0.15, -0.1) is 0 Å². The Morgan fingerprint density at radius 1 is 0.700 bits per heavy atom. The lowest BCUT2D eigenvalue weighted by Crippen LogP contribution is -2.68. The first-order chi connectivity index (χ1) is 23.4. The summed E-state index contributed by atoms with van der Waals surface area (Å²) in [4.78, 5) is 0. The Hall–Kier alpha value is -0.780. The van der Waals surface area contributed by atoms with Gasteiger partial charge >= 0.3 is 0 Å². The highest BCUT2D eigenvalue weighted by Gasteiger charge is 2.70. The van der Waals surface area contributed by atoms with Crippen LogP contribution in [0, 0.1) is 46.3 Å². The van der Waals surface area contributed by atoms with Gasteiger partial charge in [-0.3, -0.25) is 0 Å². The van der Waals surface area contributed by atoms with Gasteiger partial charge in [-0.05, 0) is 78.9 Å². The average Bonchev–Trinajstić information content (AvgIpc) is 3.34. The Morgan fingerprint density at radius 2 is 1.30 bits per heavy atom. The smallest absolute Gasteiger partial charge is 0.186 e. The molecule has 9 N–H and O–H groups in total. The number of aliphatic hydroxyl groups excluding tert-OH is 8. The molecule has 6 rings (SSSR count). The van der Waals surface area contributed by atoms with Crippen molar-refractivity contribution in [2.75, 3.05) is 13.2 Å². The summed E-state index contributed by atoms with van der Waals surface area (Å²) in [7, 11) is 0. The second kappa shape index (κ2) is 14.5. The quantitative estimate of drug-likeness (QED) is 0.121. The first kappa shape index (κ1) is 38.9. The number of ether oxygens (including phenoxy) is 4. The van der Waals surface area contributed by atoms with Gasteiger partial charge in [-0.1, -0.05) is 46.8 Å². The normalized spacial score (nSPS) is 53.9. The molecule has 0 bridgehead atoms. The summed E-state index contributed by atoms with van der Waals surface area (Å²) >= 11 is 0. The van der Waals surface area contributed by atoms with E-state index in [1.165, 1.54) is 0 Å². The lowest BCUT2D eigenvalue weighted by atomic mass is 9.42. The molecule has 2 aliphatic heterocycles. The average molecular weight is 715 g/mol. The number of rotatable bonds is 8. The van der Waals surface area contributed by atoms with Crippen molar-refractivity contribution in [3.8, 4) is 0 Å². The summed E-state index contributed by atoms with van der Waals surface area (Å²) in [5, 5.41) is 97.0. The van der Waals surface area contributed by atoms with Crippen molar-refractivity contribution >= 4 is 0 Å². The summed E-state index contributed by atoms with van der Waals surface area (Å²) in [6.45, 7) is 10.1. The fraction of sp³-hybridized carbons (Fsp3) is 0.946. The molecule has 6 fully saturated rings. The highest BCUT2D eigenvalue weighted by molar-refractivity contribution is 5.21. The highest BCUT2D eigenvalue weighted by Crippen LogP contribution is 2.69. The molecule has 2 saturated heterocycles. The topological polar surface area (TPSA) is 219 Å². The van der Waals surface area contributed by atoms with Gasteiger partial charge < -0.3 is 64.9 Å². The summed E-state index contributed by atoms with van der Waals surface area (Å²) < 4.78 is 23.2. The lowest BCUT2D eigenvalue weighted by Gasteiger charge is -2.66. The first-order valence-electron chi connectivity index (χ1n) is 18.8. The van der Waals surface area contributed by atoms with Crippen LogP contribution in [0.15, 0.2) is 12.2 Å². The van der Waals surface area contributed by atoms with Crippen molar-refractivity contribution in [2.45, 2.75) is 159 Å². The van der Waals surface area contributed by atoms with Crippen LogP contribution < -0.4 is 0 Å². The molecule has 0 aromatic rings. The molecule has 4 aliphatic carbocycles. The standard InChI is InChI=1S/C37H62O13/c1-17(2)26(50-34-31(45)29(43)25(41)16-48-34)7-6-18(3)20-13-22(38)32-36(20,5)11-9-27-35(4)10-8-19(12-21(35)23(39)14-37(27,32)46)49-33-30(44)28(42)24(40)15-47-33/h6-7,17-34,38-46H,8-16H2,1-5H3/b7-6+/t18-,19+,20-,21-,22-,23+,24-,25-,26?,27-,28+,29+,30-,31-,32-,33+,34+,35+,36-,37+/m1/s1. The Balaban J connectivity index is 1.15. The van der Waals surface area contributed by atoms with Crippen LogP contribution in [-0.4, -0.2) is 138 Å². The molecule has 288 valence electrons. The molecule has 6 aliphatic rings. The Labute approximate surface area is 295 Å². The van der Waals surface area contributed by atoms with Gasteiger partial charge in [0.05, 0.1) is 43.2 Å². The Kier molecular flexibility index (Phi) is 11.3. The number of fused-ring (bicyclic) bond motifs is 5. The van der Waals surface area contributed by atoms with Gasteiger partial charge in [-0.2, -0.15) is 0 Å². The second-order valence-electron chi connectivity index (χ2n) is 17.5. The molecule has 0 spiro atoms. The molecule has 0 aromatic heterocycles. The van der Waals surface area contributed by atoms with Crippen molar-refractivity contribution in [2.24, 2.45) is 46.3 Å². The lowest BCUT2D eigenvalue weighted by molar-refractivity contribution is -0.300. The monoisotopic (exact) mass is 714 g/mol. The molecule has 0 radical (unpaired) electrons. The number of hydrogen-bond donors (Lipinski definition) is 9. The van der Waals surface area contributed by atoms with Crippen molar-refractivity contribution in [1.82, 2.24) is 0 Å². The van der Waals surface area contributed by atoms with E-state index in [0.29, 0.717) is 25.7 Å². The number of hydrogen-bond acceptors (Lipinski definition) is 13. The molecular formula is C37H62O13. The van der Waals surface area contributed by atoms with Crippen LogP contribution in [0.3, 0.4) is 0 Å². The van der Waals surface area contributed by atoms with Crippen molar-refractivity contribution < 1.29 is 64.9 Å². The minimum atomic E-state index is -1.39. The fourth-order valence-electron chi connectivity index (χ4n) is 11.4. The summed E-state index contributed by atoms with van der Waals surface area (Å²) in [5.74, 6) is -0.657. The van der Waals surface area contributed by atoms with Gasteiger partial charge in [-0.25, -0.2) is 0 Å². The number of aliphatic hydroxyl groups is 9. The van der Waals surface area contributed by atoms with E-state index < -0.39 is 89.9 Å². The van der Waals surface area contributed by atoms with Crippen molar-refractivity contribution in [3.05, 3.63) is 12.2 Å². The van der Waals surface area contributed by atoms with Crippen LogP contribution in [0.4, 0.5) is 0 Å². The second-order valence-corrected chi connectivity index (χ2v) is 17.5. The van der Waals surface area contributed by atoms with E-state index in [-0.39, 0.29) is 55.3 Å². The molecule has 13 heteroatoms. The predicted molar refractivity (Wildman–Crippen MR) is 178 cm³/mol. The van der Waals surface area contributed by atoms with Crippen LogP contribution in [0.5, 0.6) is 0 Å². The van der Waals surface area contributed by atoms with Crippen LogP contribution in [-0.2, 0) is 18.9 Å². The van der Waals surface area contributed by atoms with Gasteiger partial charge in [0.15, 0.2) is 12.6 Å². The van der Waals surface area contributed by atoms with Gasteiger partial charge in [0, 0.05) is 12.3 Å². The largest absolute Gasteiger partial charge is 0.393 e. The van der Waals surface area contributed by atoms with E-state index >= 15 is 0 Å². The SMILES string of the molecule is CC(C)C(/C=C/[C@@H](C)[C@H]1C[C@@H](O)[C@@H]2[C@]1(C)CC[C@@H]1[C@@]3(C)CC[C@H](O[C@@H]4OC[C@@H](O)[C@H](O)[C@H]4O)C[C@@H]3[C@@H](O)C[C@]12O)O[C@@H]1OC[C@@H](O)[C@H](O)[C@H]1O. The van der Waals surface area contributed by atoms with Gasteiger partial charge in [0.25, 0.3) is 0 Å².